The first-order valence-electron chi connectivity index (χ1n) is 4.22. The van der Waals surface area contributed by atoms with Crippen LogP contribution in [0, 0.1) is 10.1 Å². The highest BCUT2D eigenvalue weighted by atomic mass is 79.9. The van der Waals surface area contributed by atoms with Gasteiger partial charge in [-0.05, 0) is 17.7 Å². The van der Waals surface area contributed by atoms with Crippen LogP contribution in [0.3, 0.4) is 0 Å². The summed E-state index contributed by atoms with van der Waals surface area (Å²) in [5, 5.41) is 29.5. The highest BCUT2D eigenvalue weighted by Gasteiger charge is 2.17. The van der Waals surface area contributed by atoms with Gasteiger partial charge in [-0.1, -0.05) is 15.9 Å². The molecule has 6 heteroatoms. The van der Waals surface area contributed by atoms with E-state index in [0.29, 0.717) is 5.56 Å². The summed E-state index contributed by atoms with van der Waals surface area (Å²) in [7, 11) is 0. The fraction of sp³-hybridized carbons (Fsp3) is 0.333. The van der Waals surface area contributed by atoms with Crippen LogP contribution < -0.4 is 0 Å². The smallest absolute Gasteiger partial charge is 0.269 e. The van der Waals surface area contributed by atoms with Crippen LogP contribution in [0.5, 0.6) is 0 Å². The number of benzene rings is 1. The number of alkyl halides is 1. The van der Waals surface area contributed by atoms with Gasteiger partial charge in [-0.25, -0.2) is 0 Å². The topological polar surface area (TPSA) is 83.6 Å². The van der Waals surface area contributed by atoms with Gasteiger partial charge in [0.25, 0.3) is 5.69 Å². The zero-order valence-electron chi connectivity index (χ0n) is 7.71. The monoisotopic (exact) mass is 275 g/mol. The fourth-order valence-corrected chi connectivity index (χ4v) is 1.45. The third kappa shape index (κ3) is 2.98. The maximum atomic E-state index is 10.4. The van der Waals surface area contributed by atoms with Crippen LogP contribution in [-0.4, -0.2) is 26.6 Å². The molecule has 1 rings (SSSR count). The van der Waals surface area contributed by atoms with Crippen molar-refractivity contribution in [3.05, 3.63) is 39.9 Å². The van der Waals surface area contributed by atoms with Crippen LogP contribution in [0.2, 0.25) is 0 Å². The van der Waals surface area contributed by atoms with Gasteiger partial charge in [-0.15, -0.1) is 0 Å². The van der Waals surface area contributed by atoms with Crippen molar-refractivity contribution in [3.8, 4) is 0 Å². The minimum Gasteiger partial charge on any atom is -0.389 e. The maximum Gasteiger partial charge on any atom is 0.269 e. The first-order chi connectivity index (χ1) is 7.06. The van der Waals surface area contributed by atoms with Gasteiger partial charge in [-0.3, -0.25) is 10.1 Å². The minimum atomic E-state index is -1.04. The summed E-state index contributed by atoms with van der Waals surface area (Å²) in [6, 6.07) is 5.43. The molecule has 15 heavy (non-hydrogen) atoms. The number of nitro benzene ring substituents is 1. The molecule has 0 amide bonds. The molecule has 0 aromatic heterocycles. The van der Waals surface area contributed by atoms with E-state index < -0.39 is 17.1 Å². The SMILES string of the molecule is O=[N+]([O-])c1ccc(C(O)C(O)CBr)cc1. The number of hydrogen-bond donors (Lipinski definition) is 2. The van der Waals surface area contributed by atoms with Crippen LogP contribution in [-0.2, 0) is 0 Å². The number of aliphatic hydroxyl groups excluding tert-OH is 2. The average Bonchev–Trinajstić information content (AvgIpc) is 2.27. The predicted molar refractivity (Wildman–Crippen MR) is 57.9 cm³/mol. The van der Waals surface area contributed by atoms with E-state index in [1.54, 1.807) is 0 Å². The zero-order chi connectivity index (χ0) is 11.4. The molecule has 1 aromatic carbocycles. The van der Waals surface area contributed by atoms with Crippen molar-refractivity contribution in [2.75, 3.05) is 5.33 Å². The Labute approximate surface area is 94.6 Å². The first-order valence-corrected chi connectivity index (χ1v) is 5.35. The van der Waals surface area contributed by atoms with Gasteiger partial charge < -0.3 is 10.2 Å². The van der Waals surface area contributed by atoms with Crippen molar-refractivity contribution in [3.63, 3.8) is 0 Å². The van der Waals surface area contributed by atoms with Crippen molar-refractivity contribution in [1.82, 2.24) is 0 Å². The van der Waals surface area contributed by atoms with Gasteiger partial charge in [0.1, 0.15) is 6.10 Å². The van der Waals surface area contributed by atoms with Crippen molar-refractivity contribution in [1.29, 1.82) is 0 Å². The molecular formula is C9H10BrNO4. The lowest BCUT2D eigenvalue weighted by Gasteiger charge is -2.15. The van der Waals surface area contributed by atoms with E-state index >= 15 is 0 Å². The largest absolute Gasteiger partial charge is 0.389 e. The molecule has 1 aromatic rings. The molecule has 0 saturated carbocycles. The van der Waals surface area contributed by atoms with Gasteiger partial charge in [0.15, 0.2) is 0 Å². The Kier molecular flexibility index (Phi) is 4.19. The quantitative estimate of drug-likeness (QED) is 0.494. The Balaban J connectivity index is 2.84. The summed E-state index contributed by atoms with van der Waals surface area (Å²) in [6.07, 6.45) is -1.96. The zero-order valence-corrected chi connectivity index (χ0v) is 9.29. The highest BCUT2D eigenvalue weighted by molar-refractivity contribution is 9.09. The molecule has 2 atom stereocenters. The summed E-state index contributed by atoms with van der Waals surface area (Å²) < 4.78 is 0. The first kappa shape index (κ1) is 12.1. The van der Waals surface area contributed by atoms with Crippen LogP contribution in [0.1, 0.15) is 11.7 Å². The number of aliphatic hydroxyl groups is 2. The van der Waals surface area contributed by atoms with Crippen molar-refractivity contribution in [2.24, 2.45) is 0 Å². The summed E-state index contributed by atoms with van der Waals surface area (Å²) in [5.74, 6) is 0. The molecule has 0 aliphatic rings. The van der Waals surface area contributed by atoms with E-state index in [1.807, 2.05) is 0 Å². The second-order valence-corrected chi connectivity index (χ2v) is 3.66. The second-order valence-electron chi connectivity index (χ2n) is 3.02. The normalized spacial score (nSPS) is 14.6. The minimum absolute atomic E-state index is 0.0423. The lowest BCUT2D eigenvalue weighted by atomic mass is 10.1. The molecule has 0 saturated heterocycles. The molecule has 0 spiro atoms. The standard InChI is InChI=1S/C9H10BrNO4/c10-5-8(12)9(13)6-1-3-7(4-2-6)11(14)15/h1-4,8-9,12-13H,5H2. The van der Waals surface area contributed by atoms with E-state index in [-0.39, 0.29) is 11.0 Å². The molecular weight excluding hydrogens is 266 g/mol. The highest BCUT2D eigenvalue weighted by Crippen LogP contribution is 2.20. The summed E-state index contributed by atoms with van der Waals surface area (Å²) in [6.45, 7) is 0. The number of nitro groups is 1. The Morgan fingerprint density at radius 1 is 1.33 bits per heavy atom. The van der Waals surface area contributed by atoms with Gasteiger partial charge in [0.05, 0.1) is 11.0 Å². The summed E-state index contributed by atoms with van der Waals surface area (Å²) in [5.41, 5.74) is 0.409. The van der Waals surface area contributed by atoms with Gasteiger partial charge in [-0.2, -0.15) is 0 Å². The average molecular weight is 276 g/mol. The Hall–Kier alpha value is -0.980. The molecule has 0 bridgehead atoms. The summed E-state index contributed by atoms with van der Waals surface area (Å²) >= 11 is 3.03. The van der Waals surface area contributed by atoms with Crippen molar-refractivity contribution < 1.29 is 15.1 Å². The molecule has 0 radical (unpaired) electrons. The van der Waals surface area contributed by atoms with Gasteiger partial charge in [0.2, 0.25) is 0 Å². The molecule has 0 fully saturated rings. The lowest BCUT2D eigenvalue weighted by Crippen LogP contribution is -2.19. The molecule has 5 nitrogen and oxygen atoms in total. The Morgan fingerprint density at radius 3 is 2.27 bits per heavy atom. The van der Waals surface area contributed by atoms with Crippen LogP contribution in [0.4, 0.5) is 5.69 Å². The van der Waals surface area contributed by atoms with Crippen molar-refractivity contribution in [2.45, 2.75) is 12.2 Å². The second kappa shape index (κ2) is 5.20. The van der Waals surface area contributed by atoms with E-state index in [4.69, 9.17) is 0 Å². The Morgan fingerprint density at radius 2 is 1.87 bits per heavy atom. The maximum absolute atomic E-state index is 10.4. The summed E-state index contributed by atoms with van der Waals surface area (Å²) in [4.78, 5) is 9.84. The number of rotatable bonds is 4. The van der Waals surface area contributed by atoms with Gasteiger partial charge >= 0.3 is 0 Å². The van der Waals surface area contributed by atoms with E-state index in [1.165, 1.54) is 24.3 Å². The predicted octanol–water partition coefficient (Wildman–Crippen LogP) is 1.38. The van der Waals surface area contributed by atoms with E-state index in [2.05, 4.69) is 15.9 Å². The van der Waals surface area contributed by atoms with Crippen LogP contribution >= 0.6 is 15.9 Å². The molecule has 82 valence electrons. The number of halogens is 1. The van der Waals surface area contributed by atoms with Crippen LogP contribution in [0.25, 0.3) is 0 Å². The third-order valence-electron chi connectivity index (χ3n) is 1.97. The Bertz CT molecular complexity index is 340. The van der Waals surface area contributed by atoms with Crippen LogP contribution in [0.15, 0.2) is 24.3 Å². The lowest BCUT2D eigenvalue weighted by molar-refractivity contribution is -0.384. The van der Waals surface area contributed by atoms with E-state index in [9.17, 15) is 20.3 Å². The number of nitrogens with zero attached hydrogens (tertiary/aromatic N) is 1. The van der Waals surface area contributed by atoms with Crippen molar-refractivity contribution >= 4 is 21.6 Å². The van der Waals surface area contributed by atoms with Gasteiger partial charge in [0, 0.05) is 17.5 Å². The molecule has 2 unspecified atom stereocenters. The molecule has 0 heterocycles. The molecule has 0 aliphatic carbocycles. The van der Waals surface area contributed by atoms with E-state index in [0.717, 1.165) is 0 Å². The third-order valence-corrected chi connectivity index (χ3v) is 2.63. The fourth-order valence-electron chi connectivity index (χ4n) is 1.10. The molecule has 2 N–H and O–H groups in total. The number of non-ortho nitro benzene ring substituents is 1. The number of hydrogen-bond acceptors (Lipinski definition) is 4. The molecule has 0 aliphatic heterocycles.